The normalized spacial score (nSPS) is 13.6. The summed E-state index contributed by atoms with van der Waals surface area (Å²) in [7, 11) is -5.07. The quantitative estimate of drug-likeness (QED) is 0.196. The van der Waals surface area contributed by atoms with Crippen LogP contribution in [0, 0.1) is 0 Å². The molecule has 1 atom stereocenters. The van der Waals surface area contributed by atoms with E-state index in [-0.39, 0.29) is 49.2 Å². The number of esters is 2. The number of unbranched alkanes of at least 4 members (excludes halogenated alkanes) is 3. The summed E-state index contributed by atoms with van der Waals surface area (Å²) < 4.78 is 42.2. The Balaban J connectivity index is 0. The molecule has 130 valence electrons. The van der Waals surface area contributed by atoms with Crippen molar-refractivity contribution in [3.8, 4) is 0 Å². The Labute approximate surface area is 160 Å². The molecule has 0 saturated carbocycles. The molecule has 1 unspecified atom stereocenters. The summed E-state index contributed by atoms with van der Waals surface area (Å²) in [4.78, 5) is 23.8. The third kappa shape index (κ3) is 7.98. The fourth-order valence-electron chi connectivity index (χ4n) is 2.12. The molecule has 0 aliphatic heterocycles. The molecule has 0 spiro atoms. The van der Waals surface area contributed by atoms with Gasteiger partial charge in [0, 0.05) is 0 Å². The summed E-state index contributed by atoms with van der Waals surface area (Å²) in [5, 5.41) is 0. The third-order valence-electron chi connectivity index (χ3n) is 3.30. The molecule has 0 aromatic heterocycles. The van der Waals surface area contributed by atoms with Gasteiger partial charge in [0.2, 0.25) is 0 Å². The van der Waals surface area contributed by atoms with E-state index in [9.17, 15) is 22.6 Å². The van der Waals surface area contributed by atoms with Gasteiger partial charge < -0.3 is 14.0 Å². The van der Waals surface area contributed by atoms with Crippen molar-refractivity contribution >= 4 is 22.1 Å². The maximum Gasteiger partial charge on any atom is 1.00 e. The predicted octanol–water partition coefficient (Wildman–Crippen LogP) is -1.24. The van der Waals surface area contributed by atoms with Gasteiger partial charge in [0.25, 0.3) is 0 Å². The zero-order valence-corrected chi connectivity index (χ0v) is 17.2. The maximum atomic E-state index is 12.1. The summed E-state index contributed by atoms with van der Waals surface area (Å²) >= 11 is 0. The molecule has 9 heteroatoms. The molecule has 0 amide bonds. The largest absolute Gasteiger partial charge is 1.00 e. The minimum absolute atomic E-state index is 0. The third-order valence-corrected chi connectivity index (χ3v) is 4.77. The van der Waals surface area contributed by atoms with E-state index in [0.717, 1.165) is 12.8 Å². The van der Waals surface area contributed by atoms with Gasteiger partial charge in [-0.2, -0.15) is 0 Å². The van der Waals surface area contributed by atoms with Gasteiger partial charge in [0.05, 0.1) is 19.6 Å². The molecule has 0 rings (SSSR count). The van der Waals surface area contributed by atoms with Crippen LogP contribution in [0.4, 0.5) is 0 Å². The van der Waals surface area contributed by atoms with Gasteiger partial charge in [0.1, 0.15) is 10.1 Å². The van der Waals surface area contributed by atoms with E-state index < -0.39 is 33.2 Å². The van der Waals surface area contributed by atoms with Crippen molar-refractivity contribution in [2.24, 2.45) is 0 Å². The Hall–Kier alpha value is -0.150. The molecule has 0 bridgehead atoms. The van der Waals surface area contributed by atoms with Gasteiger partial charge in [-0.05, 0) is 20.3 Å². The zero-order chi connectivity index (χ0) is 17.2. The average molecular weight is 360 g/mol. The van der Waals surface area contributed by atoms with Crippen molar-refractivity contribution in [3.63, 3.8) is 0 Å². The van der Waals surface area contributed by atoms with Gasteiger partial charge in [0.15, 0.2) is 4.75 Å². The van der Waals surface area contributed by atoms with Crippen LogP contribution in [-0.4, -0.2) is 42.9 Å². The van der Waals surface area contributed by atoms with E-state index in [0.29, 0.717) is 12.8 Å². The molecule has 0 heterocycles. The van der Waals surface area contributed by atoms with E-state index in [2.05, 4.69) is 0 Å². The topological polar surface area (TPSA) is 110 Å². The van der Waals surface area contributed by atoms with Crippen LogP contribution in [0.2, 0.25) is 0 Å². The van der Waals surface area contributed by atoms with Crippen LogP contribution in [-0.2, 0) is 29.2 Å². The number of carbonyl (C=O) groups is 2. The first-order valence-electron chi connectivity index (χ1n) is 7.53. The summed E-state index contributed by atoms with van der Waals surface area (Å²) in [5.41, 5.74) is 0. The summed E-state index contributed by atoms with van der Waals surface area (Å²) in [5.74, 6) is -2.07. The molecule has 0 aromatic carbocycles. The number of carbonyl (C=O) groups excluding carboxylic acids is 2. The van der Waals surface area contributed by atoms with E-state index in [1.807, 2.05) is 6.92 Å². The fourth-order valence-corrected chi connectivity index (χ4v) is 3.08. The number of hydrogen-bond acceptors (Lipinski definition) is 7. The predicted molar refractivity (Wildman–Crippen MR) is 79.1 cm³/mol. The average Bonchev–Trinajstić information content (AvgIpc) is 2.41. The van der Waals surface area contributed by atoms with Crippen molar-refractivity contribution in [2.75, 3.05) is 13.2 Å². The molecular weight excluding hydrogens is 335 g/mol. The minimum atomic E-state index is -5.07. The van der Waals surface area contributed by atoms with Crippen molar-refractivity contribution < 1.29 is 61.6 Å². The first-order valence-corrected chi connectivity index (χ1v) is 8.94. The monoisotopic (exact) mass is 360 g/mol. The molecule has 0 aliphatic carbocycles. The summed E-state index contributed by atoms with van der Waals surface area (Å²) in [6, 6.07) is 0. The zero-order valence-electron chi connectivity index (χ0n) is 14.4. The number of rotatable bonds is 11. The van der Waals surface area contributed by atoms with E-state index in [1.165, 1.54) is 6.92 Å². The van der Waals surface area contributed by atoms with Crippen molar-refractivity contribution in [2.45, 2.75) is 64.0 Å². The molecule has 0 aliphatic rings. The molecule has 0 N–H and O–H groups in total. The molecule has 0 aromatic rings. The Bertz CT molecular complexity index is 464. The van der Waals surface area contributed by atoms with Crippen LogP contribution in [0.3, 0.4) is 0 Å². The smallest absolute Gasteiger partial charge is 0.747 e. The van der Waals surface area contributed by atoms with Crippen LogP contribution in [0.25, 0.3) is 0 Å². The fraction of sp³-hybridized carbons (Fsp3) is 0.857. The molecule has 7 nitrogen and oxygen atoms in total. The van der Waals surface area contributed by atoms with Crippen LogP contribution in [0.1, 0.15) is 59.3 Å². The van der Waals surface area contributed by atoms with Crippen molar-refractivity contribution in [1.29, 1.82) is 0 Å². The Morgan fingerprint density at radius 2 is 1.57 bits per heavy atom. The first kappa shape index (κ1) is 25.1. The Kier molecular flexibility index (Phi) is 13.4. The standard InChI is InChI=1S/C14H26O7S.Na/c1-4-7-8-9-10-14(22(17,18)19,13(16)21-6-3)11-12(15)20-5-2;/h4-11H2,1-3H3,(H,17,18,19);/q;+1/p-1. The van der Waals surface area contributed by atoms with Gasteiger partial charge >= 0.3 is 41.5 Å². The van der Waals surface area contributed by atoms with E-state index >= 15 is 0 Å². The molecule has 0 radical (unpaired) electrons. The van der Waals surface area contributed by atoms with Crippen molar-refractivity contribution in [3.05, 3.63) is 0 Å². The van der Waals surface area contributed by atoms with Crippen LogP contribution in [0.5, 0.6) is 0 Å². The molecule has 23 heavy (non-hydrogen) atoms. The second-order valence-electron chi connectivity index (χ2n) is 4.96. The maximum absolute atomic E-state index is 12.1. The Morgan fingerprint density at radius 3 is 2.00 bits per heavy atom. The summed E-state index contributed by atoms with van der Waals surface area (Å²) in [6.45, 7) is 4.99. The second kappa shape index (κ2) is 12.2. The van der Waals surface area contributed by atoms with Crippen LogP contribution in [0.15, 0.2) is 0 Å². The molecular formula is C14H25NaO7S. The van der Waals surface area contributed by atoms with Crippen molar-refractivity contribution in [1.82, 2.24) is 0 Å². The minimum Gasteiger partial charge on any atom is -0.747 e. The number of hydrogen-bond donors (Lipinski definition) is 0. The number of ether oxygens (including phenoxy) is 2. The van der Waals surface area contributed by atoms with Crippen LogP contribution < -0.4 is 29.6 Å². The first-order chi connectivity index (χ1) is 10.2. The van der Waals surface area contributed by atoms with Crippen LogP contribution >= 0.6 is 0 Å². The van der Waals surface area contributed by atoms with Gasteiger partial charge in [-0.15, -0.1) is 0 Å². The van der Waals surface area contributed by atoms with E-state index in [4.69, 9.17) is 9.47 Å². The second-order valence-corrected chi connectivity index (χ2v) is 6.65. The molecule has 0 saturated heterocycles. The summed E-state index contributed by atoms with van der Waals surface area (Å²) in [6.07, 6.45) is 1.71. The SMILES string of the molecule is CCCCCCC(CC(=O)OCC)(C(=O)OCC)S(=O)(=O)[O-].[Na+]. The van der Waals surface area contributed by atoms with E-state index in [1.54, 1.807) is 6.92 Å². The van der Waals surface area contributed by atoms with Gasteiger partial charge in [-0.1, -0.05) is 32.6 Å². The molecule has 0 fully saturated rings. The van der Waals surface area contributed by atoms with Gasteiger partial charge in [-0.25, -0.2) is 8.42 Å². The Morgan fingerprint density at radius 1 is 1.00 bits per heavy atom. The van der Waals surface area contributed by atoms with Gasteiger partial charge in [-0.3, -0.25) is 9.59 Å².